The van der Waals surface area contributed by atoms with Gasteiger partial charge in [0.25, 0.3) is 0 Å². The van der Waals surface area contributed by atoms with Gasteiger partial charge in [0.2, 0.25) is 11.8 Å². The highest BCUT2D eigenvalue weighted by Gasteiger charge is 2.27. The molecule has 2 aromatic rings. The van der Waals surface area contributed by atoms with Gasteiger partial charge in [0, 0.05) is 26.1 Å². The average molecular weight is 485 g/mol. The number of benzene rings is 1. The van der Waals surface area contributed by atoms with E-state index in [0.29, 0.717) is 37.8 Å². The first-order chi connectivity index (χ1) is 17.0. The Morgan fingerprint density at radius 2 is 1.71 bits per heavy atom. The van der Waals surface area contributed by atoms with Crippen molar-refractivity contribution < 1.29 is 23.1 Å². The monoisotopic (exact) mass is 484 g/mol. The van der Waals surface area contributed by atoms with Crippen molar-refractivity contribution in [1.82, 2.24) is 9.80 Å². The molecule has 2 amide bonds. The van der Waals surface area contributed by atoms with Crippen LogP contribution in [-0.4, -0.2) is 47.4 Å². The predicted molar refractivity (Wildman–Crippen MR) is 131 cm³/mol. The molecule has 6 nitrogen and oxygen atoms in total. The fourth-order valence-electron chi connectivity index (χ4n) is 5.14. The largest absolute Gasteiger partial charge is 0.464 e. The molecule has 0 radical (unpaired) electrons. The second-order valence-corrected chi connectivity index (χ2v) is 9.99. The summed E-state index contributed by atoms with van der Waals surface area (Å²) < 4.78 is 24.9. The van der Waals surface area contributed by atoms with Crippen molar-refractivity contribution in [3.8, 4) is 0 Å². The SMILES string of the molecule is Cc1ccc(CN(Cc2ccc(F)cc2)C(=O)CN(CC2CCCO2)C(=O)CCC2CCCC2)o1. The van der Waals surface area contributed by atoms with Crippen molar-refractivity contribution >= 4 is 11.8 Å². The lowest BCUT2D eigenvalue weighted by atomic mass is 10.0. The molecule has 190 valence electrons. The Balaban J connectivity index is 1.45. The molecular weight excluding hydrogens is 447 g/mol. The number of hydrogen-bond acceptors (Lipinski definition) is 4. The van der Waals surface area contributed by atoms with E-state index in [9.17, 15) is 14.0 Å². The first-order valence-electron chi connectivity index (χ1n) is 12.9. The second kappa shape index (κ2) is 12.3. The van der Waals surface area contributed by atoms with Gasteiger partial charge in [-0.2, -0.15) is 0 Å². The van der Waals surface area contributed by atoms with Gasteiger partial charge in [0.1, 0.15) is 17.3 Å². The molecule has 1 aliphatic heterocycles. The van der Waals surface area contributed by atoms with Crippen LogP contribution in [0.25, 0.3) is 0 Å². The van der Waals surface area contributed by atoms with E-state index < -0.39 is 0 Å². The maximum Gasteiger partial charge on any atom is 0.242 e. The van der Waals surface area contributed by atoms with Crippen molar-refractivity contribution in [3.05, 3.63) is 59.3 Å². The summed E-state index contributed by atoms with van der Waals surface area (Å²) in [4.78, 5) is 30.2. The summed E-state index contributed by atoms with van der Waals surface area (Å²) in [5.74, 6) is 1.62. The molecule has 35 heavy (non-hydrogen) atoms. The number of amides is 2. The number of carbonyl (C=O) groups excluding carboxylic acids is 2. The van der Waals surface area contributed by atoms with Gasteiger partial charge < -0.3 is 19.0 Å². The maximum atomic E-state index is 13.6. The van der Waals surface area contributed by atoms with Crippen LogP contribution < -0.4 is 0 Å². The molecule has 2 aliphatic rings. The molecule has 1 saturated heterocycles. The molecule has 7 heteroatoms. The van der Waals surface area contributed by atoms with E-state index in [2.05, 4.69) is 0 Å². The van der Waals surface area contributed by atoms with E-state index in [1.54, 1.807) is 21.9 Å². The lowest BCUT2D eigenvalue weighted by molar-refractivity contribution is -0.142. The van der Waals surface area contributed by atoms with Crippen LogP contribution >= 0.6 is 0 Å². The summed E-state index contributed by atoms with van der Waals surface area (Å²) in [6, 6.07) is 9.87. The molecule has 4 rings (SSSR count). The summed E-state index contributed by atoms with van der Waals surface area (Å²) in [6.07, 6.45) is 8.14. The number of furan rings is 1. The van der Waals surface area contributed by atoms with Gasteiger partial charge >= 0.3 is 0 Å². The molecule has 1 unspecified atom stereocenters. The van der Waals surface area contributed by atoms with Gasteiger partial charge in [-0.15, -0.1) is 0 Å². The van der Waals surface area contributed by atoms with Crippen LogP contribution in [0.3, 0.4) is 0 Å². The Labute approximate surface area is 207 Å². The minimum Gasteiger partial charge on any atom is -0.464 e. The Bertz CT molecular complexity index is 962. The van der Waals surface area contributed by atoms with Gasteiger partial charge in [-0.3, -0.25) is 9.59 Å². The summed E-state index contributed by atoms with van der Waals surface area (Å²) in [6.45, 7) is 3.61. The van der Waals surface area contributed by atoms with Gasteiger partial charge in [0.15, 0.2) is 0 Å². The smallest absolute Gasteiger partial charge is 0.242 e. The molecule has 1 aliphatic carbocycles. The van der Waals surface area contributed by atoms with Crippen LogP contribution in [0, 0.1) is 18.7 Å². The molecular formula is C28H37FN2O4. The molecule has 2 heterocycles. The van der Waals surface area contributed by atoms with E-state index in [0.717, 1.165) is 30.6 Å². The number of rotatable bonds is 11. The van der Waals surface area contributed by atoms with Gasteiger partial charge in [-0.05, 0) is 61.9 Å². The highest BCUT2D eigenvalue weighted by Crippen LogP contribution is 2.29. The fraction of sp³-hybridized carbons (Fsp3) is 0.571. The molecule has 1 atom stereocenters. The molecule has 0 bridgehead atoms. The van der Waals surface area contributed by atoms with Crippen molar-refractivity contribution in [2.75, 3.05) is 19.7 Å². The van der Waals surface area contributed by atoms with Crippen LogP contribution in [0.4, 0.5) is 4.39 Å². The third kappa shape index (κ3) is 7.66. The van der Waals surface area contributed by atoms with E-state index in [-0.39, 0.29) is 36.8 Å². The molecule has 1 saturated carbocycles. The number of carbonyl (C=O) groups is 2. The molecule has 2 fully saturated rings. The third-order valence-corrected chi connectivity index (χ3v) is 7.15. The quantitative estimate of drug-likeness (QED) is 0.438. The fourth-order valence-corrected chi connectivity index (χ4v) is 5.14. The van der Waals surface area contributed by atoms with Crippen molar-refractivity contribution in [2.45, 2.75) is 77.5 Å². The van der Waals surface area contributed by atoms with Crippen LogP contribution in [-0.2, 0) is 27.4 Å². The van der Waals surface area contributed by atoms with Gasteiger partial charge in [-0.25, -0.2) is 4.39 Å². The zero-order chi connectivity index (χ0) is 24.6. The lowest BCUT2D eigenvalue weighted by Gasteiger charge is -2.29. The Morgan fingerprint density at radius 3 is 2.37 bits per heavy atom. The van der Waals surface area contributed by atoms with Crippen molar-refractivity contribution in [2.24, 2.45) is 5.92 Å². The van der Waals surface area contributed by atoms with Crippen molar-refractivity contribution in [3.63, 3.8) is 0 Å². The average Bonchev–Trinajstić information content (AvgIpc) is 3.62. The Morgan fingerprint density at radius 1 is 0.943 bits per heavy atom. The maximum absolute atomic E-state index is 13.6. The summed E-state index contributed by atoms with van der Waals surface area (Å²) in [5, 5.41) is 0. The normalized spacial score (nSPS) is 18.2. The Kier molecular flexibility index (Phi) is 8.96. The number of nitrogens with zero attached hydrogens (tertiary/aromatic N) is 2. The Hall–Kier alpha value is -2.67. The van der Waals surface area contributed by atoms with E-state index in [4.69, 9.17) is 9.15 Å². The molecule has 0 N–H and O–H groups in total. The zero-order valence-electron chi connectivity index (χ0n) is 20.7. The minimum atomic E-state index is -0.316. The summed E-state index contributed by atoms with van der Waals surface area (Å²) >= 11 is 0. The molecule has 1 aromatic carbocycles. The number of halogens is 1. The molecule has 1 aromatic heterocycles. The minimum absolute atomic E-state index is 0.00421. The summed E-state index contributed by atoms with van der Waals surface area (Å²) in [5.41, 5.74) is 0.821. The lowest BCUT2D eigenvalue weighted by Crippen LogP contribution is -2.45. The van der Waals surface area contributed by atoms with Crippen LogP contribution in [0.1, 0.15) is 68.5 Å². The van der Waals surface area contributed by atoms with E-state index in [1.807, 2.05) is 19.1 Å². The van der Waals surface area contributed by atoms with Gasteiger partial charge in [-0.1, -0.05) is 37.8 Å². The van der Waals surface area contributed by atoms with Crippen LogP contribution in [0.2, 0.25) is 0 Å². The first kappa shape index (κ1) is 25.4. The zero-order valence-corrected chi connectivity index (χ0v) is 20.7. The third-order valence-electron chi connectivity index (χ3n) is 7.15. The van der Waals surface area contributed by atoms with Crippen LogP contribution in [0.5, 0.6) is 0 Å². The standard InChI is InChI=1S/C28H37FN2O4/c1-21-8-14-26(35-21)19-30(17-23-9-12-24(29)13-10-23)28(33)20-31(18-25-7-4-16-34-25)27(32)15-11-22-5-2-3-6-22/h8-10,12-14,22,25H,2-7,11,15-20H2,1H3. The second-order valence-electron chi connectivity index (χ2n) is 9.99. The summed E-state index contributed by atoms with van der Waals surface area (Å²) in [7, 11) is 0. The van der Waals surface area contributed by atoms with E-state index in [1.165, 1.54) is 37.8 Å². The topological polar surface area (TPSA) is 63.0 Å². The van der Waals surface area contributed by atoms with E-state index >= 15 is 0 Å². The highest BCUT2D eigenvalue weighted by molar-refractivity contribution is 5.85. The van der Waals surface area contributed by atoms with Crippen LogP contribution in [0.15, 0.2) is 40.8 Å². The number of aryl methyl sites for hydroxylation is 1. The van der Waals surface area contributed by atoms with Gasteiger partial charge in [0.05, 0.1) is 19.2 Å². The number of ether oxygens (including phenoxy) is 1. The highest BCUT2D eigenvalue weighted by atomic mass is 19.1. The van der Waals surface area contributed by atoms with Crippen molar-refractivity contribution in [1.29, 1.82) is 0 Å². The predicted octanol–water partition coefficient (Wildman–Crippen LogP) is 5.23. The molecule has 0 spiro atoms. The number of hydrogen-bond donors (Lipinski definition) is 0. The first-order valence-corrected chi connectivity index (χ1v) is 12.9.